The Kier molecular flexibility index (Phi) is 13.1. The third kappa shape index (κ3) is 8.66. The van der Waals surface area contributed by atoms with E-state index in [4.69, 9.17) is 5.11 Å². The summed E-state index contributed by atoms with van der Waals surface area (Å²) in [5, 5.41) is 18.4. The van der Waals surface area contributed by atoms with Gasteiger partial charge in [0.15, 0.2) is 0 Å². The van der Waals surface area contributed by atoms with Crippen LogP contribution in [0.4, 0.5) is 0 Å². The van der Waals surface area contributed by atoms with Gasteiger partial charge in [0.2, 0.25) is 0 Å². The molecule has 0 aliphatic rings. The molecule has 0 aromatic carbocycles. The zero-order valence-corrected chi connectivity index (χ0v) is 11.6. The van der Waals surface area contributed by atoms with Crippen molar-refractivity contribution in [1.29, 1.82) is 0 Å². The summed E-state index contributed by atoms with van der Waals surface area (Å²) >= 11 is 0. The van der Waals surface area contributed by atoms with Crippen molar-refractivity contribution in [3.8, 4) is 0 Å². The number of carboxylic acid groups (broad SMARTS) is 2. The van der Waals surface area contributed by atoms with Crippen LogP contribution in [0.3, 0.4) is 0 Å². The summed E-state index contributed by atoms with van der Waals surface area (Å²) in [5.41, 5.74) is -1.06. The van der Waals surface area contributed by atoms with E-state index in [9.17, 15) is 14.7 Å². The molecule has 0 aromatic rings. The van der Waals surface area contributed by atoms with Crippen molar-refractivity contribution < 1.29 is 19.8 Å². The summed E-state index contributed by atoms with van der Waals surface area (Å²) in [6.07, 6.45) is 6.23. The molecule has 0 bridgehead atoms. The number of rotatable bonds is 11. The van der Waals surface area contributed by atoms with Crippen molar-refractivity contribution >= 4 is 41.5 Å². The second-order valence-electron chi connectivity index (χ2n) is 5.07. The standard InChI is InChI=1S/C14H26O4.Na.H/c1-3-5-7-9-14(13(17)18,11-12(15)16)10-8-6-4-2;;/h3-11H2,1-2H3,(H,15,16)(H,17,18);;. The predicted molar refractivity (Wildman–Crippen MR) is 77.8 cm³/mol. The first-order chi connectivity index (χ1) is 8.48. The van der Waals surface area contributed by atoms with E-state index in [0.29, 0.717) is 12.8 Å². The van der Waals surface area contributed by atoms with E-state index >= 15 is 0 Å². The third-order valence-corrected chi connectivity index (χ3v) is 3.46. The number of hydrogen-bond donors (Lipinski definition) is 2. The molecule has 0 heterocycles. The monoisotopic (exact) mass is 282 g/mol. The van der Waals surface area contributed by atoms with Gasteiger partial charge in [-0.1, -0.05) is 52.4 Å². The Balaban J connectivity index is 0. The first-order valence-corrected chi connectivity index (χ1v) is 6.93. The van der Waals surface area contributed by atoms with E-state index in [0.717, 1.165) is 38.5 Å². The molecule has 0 atom stereocenters. The second kappa shape index (κ2) is 11.7. The van der Waals surface area contributed by atoms with Crippen molar-refractivity contribution in [3.05, 3.63) is 0 Å². The summed E-state index contributed by atoms with van der Waals surface area (Å²) in [4.78, 5) is 22.4. The predicted octanol–water partition coefficient (Wildman–Crippen LogP) is 3.04. The third-order valence-electron chi connectivity index (χ3n) is 3.46. The molecular formula is C14H27NaO4. The Bertz CT molecular complexity index is 256. The van der Waals surface area contributed by atoms with Gasteiger partial charge < -0.3 is 10.2 Å². The normalized spacial score (nSPS) is 10.8. The number of unbranched alkanes of at least 4 members (excludes halogenated alkanes) is 4. The van der Waals surface area contributed by atoms with Crippen molar-refractivity contribution in [2.24, 2.45) is 5.41 Å². The van der Waals surface area contributed by atoms with Gasteiger partial charge in [-0.3, -0.25) is 9.59 Å². The van der Waals surface area contributed by atoms with Crippen LogP contribution in [-0.2, 0) is 9.59 Å². The van der Waals surface area contributed by atoms with E-state index < -0.39 is 17.4 Å². The SMILES string of the molecule is CCCCCC(CCCCC)(CC(=O)O)C(=O)O.[NaH]. The average molecular weight is 282 g/mol. The van der Waals surface area contributed by atoms with E-state index in [2.05, 4.69) is 13.8 Å². The van der Waals surface area contributed by atoms with Crippen LogP contribution in [0.1, 0.15) is 71.6 Å². The van der Waals surface area contributed by atoms with Crippen molar-refractivity contribution in [2.75, 3.05) is 0 Å². The van der Waals surface area contributed by atoms with Crippen LogP contribution in [0.25, 0.3) is 0 Å². The molecule has 2 N–H and O–H groups in total. The van der Waals surface area contributed by atoms with Gasteiger partial charge in [-0.15, -0.1) is 0 Å². The fourth-order valence-electron chi connectivity index (χ4n) is 2.31. The van der Waals surface area contributed by atoms with Gasteiger partial charge in [0.05, 0.1) is 11.8 Å². The molecule has 0 fully saturated rings. The molecule has 0 saturated heterocycles. The average Bonchev–Trinajstić information content (AvgIpc) is 2.28. The van der Waals surface area contributed by atoms with Gasteiger partial charge >= 0.3 is 41.5 Å². The van der Waals surface area contributed by atoms with Gasteiger partial charge in [0, 0.05) is 0 Å². The molecule has 108 valence electrons. The molecule has 19 heavy (non-hydrogen) atoms. The van der Waals surface area contributed by atoms with E-state index in [1.54, 1.807) is 0 Å². The zero-order chi connectivity index (χ0) is 14.0. The molecule has 0 spiro atoms. The van der Waals surface area contributed by atoms with Crippen LogP contribution in [0.2, 0.25) is 0 Å². The summed E-state index contributed by atoms with van der Waals surface area (Å²) in [5.74, 6) is -1.96. The Labute approximate surface area is 138 Å². The molecular weight excluding hydrogens is 255 g/mol. The Morgan fingerprint density at radius 2 is 1.32 bits per heavy atom. The van der Waals surface area contributed by atoms with E-state index in [1.807, 2.05) is 0 Å². The fourth-order valence-corrected chi connectivity index (χ4v) is 2.31. The summed E-state index contributed by atoms with van der Waals surface area (Å²) in [6.45, 7) is 4.10. The molecule has 0 amide bonds. The van der Waals surface area contributed by atoms with Crippen LogP contribution >= 0.6 is 0 Å². The van der Waals surface area contributed by atoms with Crippen LogP contribution in [0.15, 0.2) is 0 Å². The maximum absolute atomic E-state index is 11.5. The molecule has 0 saturated carbocycles. The van der Waals surface area contributed by atoms with Crippen molar-refractivity contribution in [2.45, 2.75) is 71.6 Å². The first-order valence-electron chi connectivity index (χ1n) is 6.93. The van der Waals surface area contributed by atoms with E-state index in [1.165, 1.54) is 0 Å². The van der Waals surface area contributed by atoms with Crippen LogP contribution in [0.5, 0.6) is 0 Å². The van der Waals surface area contributed by atoms with Crippen LogP contribution in [0, 0.1) is 5.41 Å². The number of carbonyl (C=O) groups is 2. The van der Waals surface area contributed by atoms with Gasteiger partial charge in [0.25, 0.3) is 0 Å². The quantitative estimate of drug-likeness (QED) is 0.451. The molecule has 0 aliphatic heterocycles. The molecule has 0 aromatic heterocycles. The first kappa shape index (κ1) is 21.2. The van der Waals surface area contributed by atoms with Gasteiger partial charge in [-0.2, -0.15) is 0 Å². The maximum atomic E-state index is 11.5. The summed E-state index contributed by atoms with van der Waals surface area (Å²) in [6, 6.07) is 0. The van der Waals surface area contributed by atoms with Gasteiger partial charge in [0.1, 0.15) is 0 Å². The molecule has 4 nitrogen and oxygen atoms in total. The Hall–Kier alpha value is -0.0600. The minimum atomic E-state index is -1.06. The van der Waals surface area contributed by atoms with Gasteiger partial charge in [-0.25, -0.2) is 0 Å². The van der Waals surface area contributed by atoms with Gasteiger partial charge in [-0.05, 0) is 12.8 Å². The topological polar surface area (TPSA) is 74.6 Å². The number of aliphatic carboxylic acids is 2. The minimum absolute atomic E-state index is 0. The van der Waals surface area contributed by atoms with E-state index in [-0.39, 0.29) is 36.0 Å². The zero-order valence-electron chi connectivity index (χ0n) is 11.6. The summed E-state index contributed by atoms with van der Waals surface area (Å²) < 4.78 is 0. The Morgan fingerprint density at radius 1 is 0.895 bits per heavy atom. The Morgan fingerprint density at radius 3 is 1.58 bits per heavy atom. The molecule has 0 unspecified atom stereocenters. The number of hydrogen-bond acceptors (Lipinski definition) is 2. The number of carboxylic acids is 2. The van der Waals surface area contributed by atoms with Crippen molar-refractivity contribution in [3.63, 3.8) is 0 Å². The molecule has 0 aliphatic carbocycles. The van der Waals surface area contributed by atoms with Crippen LogP contribution < -0.4 is 0 Å². The van der Waals surface area contributed by atoms with Crippen LogP contribution in [-0.4, -0.2) is 51.7 Å². The fraction of sp³-hybridized carbons (Fsp3) is 0.857. The second-order valence-corrected chi connectivity index (χ2v) is 5.07. The molecule has 0 rings (SSSR count). The summed E-state index contributed by atoms with van der Waals surface area (Å²) in [7, 11) is 0. The molecule has 5 heteroatoms. The van der Waals surface area contributed by atoms with Crippen molar-refractivity contribution in [1.82, 2.24) is 0 Å². The molecule has 0 radical (unpaired) electrons.